The van der Waals surface area contributed by atoms with Crippen molar-refractivity contribution in [2.75, 3.05) is 0 Å². The SMILES string of the molecule is CCC(C)n1ncn(-c2ccccc2)c1=O. The molecule has 0 spiro atoms. The van der Waals surface area contributed by atoms with Gasteiger partial charge in [0.1, 0.15) is 6.33 Å². The van der Waals surface area contributed by atoms with Gasteiger partial charge in [0.2, 0.25) is 0 Å². The fraction of sp³-hybridized carbons (Fsp3) is 0.333. The van der Waals surface area contributed by atoms with Crippen LogP contribution in [0.2, 0.25) is 0 Å². The molecule has 0 aliphatic rings. The summed E-state index contributed by atoms with van der Waals surface area (Å²) in [5.74, 6) is 0. The molecule has 0 bridgehead atoms. The first-order valence-electron chi connectivity index (χ1n) is 5.45. The standard InChI is InChI=1S/C12H15N3O/c1-3-10(2)15-12(16)14(9-13-15)11-7-5-4-6-8-11/h4-10H,3H2,1-2H3. The second-order valence-electron chi connectivity index (χ2n) is 3.82. The van der Waals surface area contributed by atoms with Gasteiger partial charge in [-0.1, -0.05) is 25.1 Å². The molecule has 2 rings (SSSR count). The van der Waals surface area contributed by atoms with E-state index in [-0.39, 0.29) is 11.7 Å². The highest BCUT2D eigenvalue weighted by atomic mass is 16.2. The summed E-state index contributed by atoms with van der Waals surface area (Å²) < 4.78 is 3.08. The summed E-state index contributed by atoms with van der Waals surface area (Å²) in [5.41, 5.74) is 0.766. The Bertz CT molecular complexity index is 513. The van der Waals surface area contributed by atoms with Gasteiger partial charge < -0.3 is 0 Å². The second kappa shape index (κ2) is 4.35. The third-order valence-corrected chi connectivity index (χ3v) is 2.74. The van der Waals surface area contributed by atoms with E-state index in [1.165, 1.54) is 4.68 Å². The van der Waals surface area contributed by atoms with Crippen molar-refractivity contribution in [2.24, 2.45) is 0 Å². The Morgan fingerprint density at radius 2 is 2.00 bits per heavy atom. The van der Waals surface area contributed by atoms with E-state index in [4.69, 9.17) is 0 Å². The molecule has 84 valence electrons. The van der Waals surface area contributed by atoms with Gasteiger partial charge in [-0.25, -0.2) is 14.0 Å². The molecular formula is C12H15N3O. The largest absolute Gasteiger partial charge is 0.350 e. The molecule has 0 N–H and O–H groups in total. The molecule has 1 unspecified atom stereocenters. The maximum absolute atomic E-state index is 12.0. The maximum Gasteiger partial charge on any atom is 0.350 e. The monoisotopic (exact) mass is 217 g/mol. The first-order valence-corrected chi connectivity index (χ1v) is 5.45. The third kappa shape index (κ3) is 1.78. The molecule has 1 aromatic heterocycles. The van der Waals surface area contributed by atoms with Gasteiger partial charge in [0.15, 0.2) is 0 Å². The summed E-state index contributed by atoms with van der Waals surface area (Å²) in [4.78, 5) is 12.0. The van der Waals surface area contributed by atoms with Crippen LogP contribution >= 0.6 is 0 Å². The first kappa shape index (κ1) is 10.7. The van der Waals surface area contributed by atoms with Crippen molar-refractivity contribution in [3.8, 4) is 5.69 Å². The minimum absolute atomic E-state index is 0.0828. The fourth-order valence-electron chi connectivity index (χ4n) is 1.56. The number of hydrogen-bond donors (Lipinski definition) is 0. The predicted octanol–water partition coefficient (Wildman–Crippen LogP) is 2.00. The Morgan fingerprint density at radius 1 is 1.31 bits per heavy atom. The van der Waals surface area contributed by atoms with Crippen molar-refractivity contribution in [2.45, 2.75) is 26.3 Å². The zero-order valence-electron chi connectivity index (χ0n) is 9.50. The Kier molecular flexibility index (Phi) is 2.90. The fourth-order valence-corrected chi connectivity index (χ4v) is 1.56. The molecule has 4 nitrogen and oxygen atoms in total. The zero-order valence-corrected chi connectivity index (χ0v) is 9.50. The van der Waals surface area contributed by atoms with Crippen molar-refractivity contribution in [1.29, 1.82) is 0 Å². The van der Waals surface area contributed by atoms with Gasteiger partial charge in [-0.05, 0) is 25.5 Å². The van der Waals surface area contributed by atoms with Crippen LogP contribution in [0.25, 0.3) is 5.69 Å². The van der Waals surface area contributed by atoms with Gasteiger partial charge >= 0.3 is 5.69 Å². The van der Waals surface area contributed by atoms with Gasteiger partial charge in [0.05, 0.1) is 11.7 Å². The van der Waals surface area contributed by atoms with Crippen molar-refractivity contribution in [1.82, 2.24) is 14.3 Å². The minimum Gasteiger partial charge on any atom is -0.250 e. The van der Waals surface area contributed by atoms with Crippen LogP contribution in [-0.4, -0.2) is 14.3 Å². The Morgan fingerprint density at radius 3 is 2.62 bits per heavy atom. The van der Waals surface area contributed by atoms with E-state index >= 15 is 0 Å². The van der Waals surface area contributed by atoms with Crippen LogP contribution in [0.1, 0.15) is 26.3 Å². The first-order chi connectivity index (χ1) is 7.74. The van der Waals surface area contributed by atoms with Crippen LogP contribution in [0.4, 0.5) is 0 Å². The average molecular weight is 217 g/mol. The van der Waals surface area contributed by atoms with E-state index in [2.05, 4.69) is 5.10 Å². The Labute approximate surface area is 94.1 Å². The minimum atomic E-state index is -0.0828. The van der Waals surface area contributed by atoms with Crippen molar-refractivity contribution >= 4 is 0 Å². The molecule has 0 saturated carbocycles. The molecule has 0 amide bonds. The van der Waals surface area contributed by atoms with Gasteiger partial charge in [-0.15, -0.1) is 0 Å². The van der Waals surface area contributed by atoms with E-state index in [9.17, 15) is 4.79 Å². The summed E-state index contributed by atoms with van der Waals surface area (Å²) >= 11 is 0. The molecule has 2 aromatic rings. The number of benzene rings is 1. The summed E-state index contributed by atoms with van der Waals surface area (Å²) in [6.45, 7) is 4.03. The summed E-state index contributed by atoms with van der Waals surface area (Å²) in [6.07, 6.45) is 2.47. The van der Waals surface area contributed by atoms with Gasteiger partial charge in [0.25, 0.3) is 0 Å². The highest BCUT2D eigenvalue weighted by Gasteiger charge is 2.10. The van der Waals surface area contributed by atoms with Gasteiger partial charge in [-0.3, -0.25) is 0 Å². The van der Waals surface area contributed by atoms with E-state index in [0.29, 0.717) is 0 Å². The lowest BCUT2D eigenvalue weighted by Gasteiger charge is -2.06. The van der Waals surface area contributed by atoms with Gasteiger partial charge in [0, 0.05) is 0 Å². The molecule has 0 radical (unpaired) electrons. The summed E-state index contributed by atoms with van der Waals surface area (Å²) in [6, 6.07) is 9.66. The van der Waals surface area contributed by atoms with Crippen LogP contribution in [0.3, 0.4) is 0 Å². The quantitative estimate of drug-likeness (QED) is 0.789. The lowest BCUT2D eigenvalue weighted by Crippen LogP contribution is -2.26. The van der Waals surface area contributed by atoms with E-state index < -0.39 is 0 Å². The molecule has 0 aliphatic heterocycles. The summed E-state index contributed by atoms with van der Waals surface area (Å²) in [7, 11) is 0. The number of rotatable bonds is 3. The Balaban J connectivity index is 2.46. The molecule has 1 heterocycles. The van der Waals surface area contributed by atoms with Crippen LogP contribution in [0.15, 0.2) is 41.5 Å². The lowest BCUT2D eigenvalue weighted by molar-refractivity contribution is 0.460. The molecule has 0 fully saturated rings. The number of hydrogen-bond acceptors (Lipinski definition) is 2. The smallest absolute Gasteiger partial charge is 0.250 e. The molecule has 0 saturated heterocycles. The molecule has 1 atom stereocenters. The van der Waals surface area contributed by atoms with Crippen LogP contribution in [0, 0.1) is 0 Å². The molecular weight excluding hydrogens is 202 g/mol. The Hall–Kier alpha value is -1.84. The number of aromatic nitrogens is 3. The molecule has 16 heavy (non-hydrogen) atoms. The van der Waals surface area contributed by atoms with E-state index in [0.717, 1.165) is 12.1 Å². The van der Waals surface area contributed by atoms with Crippen LogP contribution in [-0.2, 0) is 0 Å². The highest BCUT2D eigenvalue weighted by Crippen LogP contribution is 2.07. The topological polar surface area (TPSA) is 39.8 Å². The van der Waals surface area contributed by atoms with Crippen LogP contribution in [0.5, 0.6) is 0 Å². The van der Waals surface area contributed by atoms with E-state index in [1.54, 1.807) is 10.9 Å². The zero-order chi connectivity index (χ0) is 11.5. The summed E-state index contributed by atoms with van der Waals surface area (Å²) in [5, 5.41) is 4.13. The number of nitrogens with zero attached hydrogens (tertiary/aromatic N) is 3. The lowest BCUT2D eigenvalue weighted by atomic mass is 10.3. The molecule has 4 heteroatoms. The third-order valence-electron chi connectivity index (χ3n) is 2.74. The van der Waals surface area contributed by atoms with E-state index in [1.807, 2.05) is 44.2 Å². The van der Waals surface area contributed by atoms with Crippen molar-refractivity contribution < 1.29 is 0 Å². The normalized spacial score (nSPS) is 12.6. The van der Waals surface area contributed by atoms with Gasteiger partial charge in [-0.2, -0.15) is 5.10 Å². The highest BCUT2D eigenvalue weighted by molar-refractivity contribution is 5.30. The maximum atomic E-state index is 12.0. The average Bonchev–Trinajstić information content (AvgIpc) is 2.71. The van der Waals surface area contributed by atoms with Crippen molar-refractivity contribution in [3.05, 3.63) is 47.1 Å². The molecule has 0 aliphatic carbocycles. The second-order valence-corrected chi connectivity index (χ2v) is 3.82. The van der Waals surface area contributed by atoms with Crippen molar-refractivity contribution in [3.63, 3.8) is 0 Å². The number of para-hydroxylation sites is 1. The predicted molar refractivity (Wildman–Crippen MR) is 62.8 cm³/mol. The molecule has 1 aromatic carbocycles. The van der Waals surface area contributed by atoms with Crippen LogP contribution < -0.4 is 5.69 Å².